The quantitative estimate of drug-likeness (QED) is 0.0778. The number of carbonyl (C=O) groups is 1. The average Bonchev–Trinajstić information content (AvgIpc) is 3.15. The summed E-state index contributed by atoms with van der Waals surface area (Å²) in [7, 11) is 6.76. The second-order valence-electron chi connectivity index (χ2n) is 17.7. The topological polar surface area (TPSA) is 217 Å². The maximum atomic E-state index is 14.3. The van der Waals surface area contributed by atoms with Crippen LogP contribution in [0.15, 0.2) is 5.16 Å². The van der Waals surface area contributed by atoms with E-state index in [2.05, 4.69) is 5.16 Å². The molecule has 340 valence electrons. The SMILES string of the molecule is CC[C@H]1OC(=O)[C@H](C)[C@@H](OC2CC(C)(OC)C(O)C(C)O2)[C@H](C)[C@H](OC2OC(C)CC(N(C)C)C2O)[C@](C)(O)C[C@@H](C)C(=NOCOCCOC)[C@H](C)[C@@H](O)[C@]1(C)O. The fourth-order valence-corrected chi connectivity index (χ4v) is 8.93. The normalized spacial score (nSPS) is 45.8. The summed E-state index contributed by atoms with van der Waals surface area (Å²) < 4.78 is 48.1. The third-order valence-electron chi connectivity index (χ3n) is 12.6. The molecule has 0 aromatic carbocycles. The predicted molar refractivity (Wildman–Crippen MR) is 212 cm³/mol. The fourth-order valence-electron chi connectivity index (χ4n) is 8.93. The van der Waals surface area contributed by atoms with Gasteiger partial charge in [-0.3, -0.25) is 4.79 Å². The van der Waals surface area contributed by atoms with Crippen molar-refractivity contribution in [2.24, 2.45) is 28.8 Å². The first-order valence-electron chi connectivity index (χ1n) is 20.8. The molecule has 8 unspecified atom stereocenters. The second-order valence-corrected chi connectivity index (χ2v) is 17.7. The Labute approximate surface area is 345 Å². The summed E-state index contributed by atoms with van der Waals surface area (Å²) in [4.78, 5) is 21.8. The van der Waals surface area contributed by atoms with E-state index in [0.717, 1.165) is 0 Å². The van der Waals surface area contributed by atoms with E-state index < -0.39 is 102 Å². The lowest BCUT2D eigenvalue weighted by Gasteiger charge is -2.49. The summed E-state index contributed by atoms with van der Waals surface area (Å²) in [5.41, 5.74) is -4.49. The standard InChI is InChI=1S/C41H76N2O15/c1-15-29-41(10,49)34(45)24(4)31(42-53-21-52-17-16-50-13)22(2)19-39(8,48)36(58-38-32(44)28(43(11)12)18-23(3)54-38)25(5)33(26(6)37(47)56-29)57-30-20-40(9,51-14)35(46)27(7)55-30/h22-30,32-36,38,44-46,48-49H,15-21H2,1-14H3/t22-,23?,24+,25+,26-,27?,28?,29-,30?,32?,33+,34-,35?,36+,38?,39-,40?,41-/m1/s1. The van der Waals surface area contributed by atoms with Crippen molar-refractivity contribution in [3.63, 3.8) is 0 Å². The third kappa shape index (κ3) is 12.1. The smallest absolute Gasteiger partial charge is 0.311 e. The number of cyclic esters (lactones) is 1. The first-order chi connectivity index (χ1) is 27.0. The van der Waals surface area contributed by atoms with E-state index >= 15 is 0 Å². The van der Waals surface area contributed by atoms with Crippen LogP contribution in [0.4, 0.5) is 0 Å². The molecular weight excluding hydrogens is 760 g/mol. The number of hydrogen-bond donors (Lipinski definition) is 5. The minimum absolute atomic E-state index is 0.0307. The van der Waals surface area contributed by atoms with E-state index in [4.69, 9.17) is 42.7 Å². The van der Waals surface area contributed by atoms with Crippen LogP contribution in [0.5, 0.6) is 0 Å². The lowest BCUT2D eigenvalue weighted by molar-refractivity contribution is -0.317. The second kappa shape index (κ2) is 21.5. The number of aliphatic hydroxyl groups is 5. The lowest BCUT2D eigenvalue weighted by Crippen LogP contribution is -2.61. The Balaban J connectivity index is 2.22. The van der Waals surface area contributed by atoms with Gasteiger partial charge in [-0.15, -0.1) is 0 Å². The van der Waals surface area contributed by atoms with Gasteiger partial charge < -0.3 is 73.2 Å². The van der Waals surface area contributed by atoms with E-state index in [1.807, 2.05) is 32.8 Å². The van der Waals surface area contributed by atoms with Crippen LogP contribution in [0.3, 0.4) is 0 Å². The zero-order chi connectivity index (χ0) is 43.9. The molecule has 3 rings (SSSR count). The predicted octanol–water partition coefficient (Wildman–Crippen LogP) is 2.21. The molecule has 17 heteroatoms. The van der Waals surface area contributed by atoms with Crippen molar-refractivity contribution in [2.75, 3.05) is 48.3 Å². The van der Waals surface area contributed by atoms with Crippen molar-refractivity contribution in [2.45, 2.75) is 179 Å². The Hall–Kier alpha value is -1.58. The van der Waals surface area contributed by atoms with E-state index in [1.165, 1.54) is 14.0 Å². The van der Waals surface area contributed by atoms with Gasteiger partial charge in [-0.25, -0.2) is 0 Å². The van der Waals surface area contributed by atoms with Gasteiger partial charge >= 0.3 is 5.97 Å². The third-order valence-corrected chi connectivity index (χ3v) is 12.6. The van der Waals surface area contributed by atoms with E-state index in [0.29, 0.717) is 18.7 Å². The molecule has 3 aliphatic rings. The minimum Gasteiger partial charge on any atom is -0.459 e. The number of hydrogen-bond acceptors (Lipinski definition) is 17. The van der Waals surface area contributed by atoms with Crippen LogP contribution < -0.4 is 0 Å². The molecule has 58 heavy (non-hydrogen) atoms. The van der Waals surface area contributed by atoms with Crippen LogP contribution in [0, 0.1) is 23.7 Å². The van der Waals surface area contributed by atoms with Gasteiger partial charge in [-0.2, -0.15) is 0 Å². The van der Waals surface area contributed by atoms with Gasteiger partial charge in [-0.05, 0) is 74.9 Å². The summed E-state index contributed by atoms with van der Waals surface area (Å²) in [5.74, 6) is -4.14. The molecule has 18 atom stereocenters. The molecule has 0 aliphatic carbocycles. The highest BCUT2D eigenvalue weighted by Gasteiger charge is 2.53. The van der Waals surface area contributed by atoms with E-state index in [9.17, 15) is 30.3 Å². The van der Waals surface area contributed by atoms with Crippen molar-refractivity contribution in [3.05, 3.63) is 0 Å². The number of methoxy groups -OCH3 is 2. The Morgan fingerprint density at radius 2 is 1.55 bits per heavy atom. The number of nitrogens with zero attached hydrogens (tertiary/aromatic N) is 2. The number of ether oxygens (including phenoxy) is 8. The number of aliphatic hydroxyl groups excluding tert-OH is 3. The molecular formula is C41H76N2O15. The molecule has 3 fully saturated rings. The maximum absolute atomic E-state index is 14.3. The number of oxime groups is 1. The fraction of sp³-hybridized carbons (Fsp3) is 0.951. The number of esters is 1. The molecule has 3 saturated heterocycles. The lowest BCUT2D eigenvalue weighted by atomic mass is 9.73. The molecule has 3 aliphatic heterocycles. The first-order valence-corrected chi connectivity index (χ1v) is 20.8. The summed E-state index contributed by atoms with van der Waals surface area (Å²) in [6, 6.07) is -0.328. The van der Waals surface area contributed by atoms with Gasteiger partial charge in [0, 0.05) is 44.4 Å². The molecule has 0 aromatic heterocycles. The molecule has 5 N–H and O–H groups in total. The van der Waals surface area contributed by atoms with Crippen LogP contribution >= 0.6 is 0 Å². The average molecular weight is 837 g/mol. The summed E-state index contributed by atoms with van der Waals surface area (Å²) in [5, 5.41) is 63.6. The minimum atomic E-state index is -1.97. The molecule has 0 saturated carbocycles. The van der Waals surface area contributed by atoms with Crippen LogP contribution in [0.1, 0.15) is 94.9 Å². The largest absolute Gasteiger partial charge is 0.459 e. The van der Waals surface area contributed by atoms with Crippen molar-refractivity contribution >= 4 is 11.7 Å². The molecule has 0 spiro atoms. The Kier molecular flexibility index (Phi) is 18.8. The highest BCUT2D eigenvalue weighted by atomic mass is 16.7. The summed E-state index contributed by atoms with van der Waals surface area (Å²) in [6.07, 6.45) is -9.49. The van der Waals surface area contributed by atoms with Crippen LogP contribution in [0.2, 0.25) is 0 Å². The van der Waals surface area contributed by atoms with Crippen LogP contribution in [0.25, 0.3) is 0 Å². The first kappa shape index (κ1) is 50.8. The molecule has 17 nitrogen and oxygen atoms in total. The molecule has 0 amide bonds. The van der Waals surface area contributed by atoms with Gasteiger partial charge in [-0.1, -0.05) is 32.9 Å². The number of carbonyl (C=O) groups excluding carboxylic acids is 1. The Morgan fingerprint density at radius 3 is 2.14 bits per heavy atom. The monoisotopic (exact) mass is 837 g/mol. The summed E-state index contributed by atoms with van der Waals surface area (Å²) in [6.45, 7) is 17.3. The Bertz CT molecular complexity index is 1300. The maximum Gasteiger partial charge on any atom is 0.311 e. The van der Waals surface area contributed by atoms with Crippen molar-refractivity contribution in [1.82, 2.24) is 4.90 Å². The van der Waals surface area contributed by atoms with Crippen molar-refractivity contribution in [1.29, 1.82) is 0 Å². The number of rotatable bonds is 13. The molecule has 0 bridgehead atoms. The van der Waals surface area contributed by atoms with Gasteiger partial charge in [0.05, 0.1) is 66.6 Å². The number of likely N-dealkylation sites (N-methyl/N-ethyl adjacent to an activating group) is 1. The van der Waals surface area contributed by atoms with Gasteiger partial charge in [0.1, 0.15) is 23.9 Å². The van der Waals surface area contributed by atoms with Crippen LogP contribution in [-0.2, 0) is 47.5 Å². The zero-order valence-corrected chi connectivity index (χ0v) is 37.3. The van der Waals surface area contributed by atoms with Gasteiger partial charge in [0.25, 0.3) is 0 Å². The highest BCUT2D eigenvalue weighted by Crippen LogP contribution is 2.41. The van der Waals surface area contributed by atoms with E-state index in [-0.39, 0.29) is 44.8 Å². The molecule has 3 heterocycles. The summed E-state index contributed by atoms with van der Waals surface area (Å²) >= 11 is 0. The molecule has 0 radical (unpaired) electrons. The van der Waals surface area contributed by atoms with Gasteiger partial charge in [0.15, 0.2) is 12.6 Å². The van der Waals surface area contributed by atoms with Crippen LogP contribution in [-0.4, -0.2) is 175 Å². The van der Waals surface area contributed by atoms with Crippen molar-refractivity contribution in [3.8, 4) is 0 Å². The zero-order valence-electron chi connectivity index (χ0n) is 37.3. The Morgan fingerprint density at radius 1 is 0.897 bits per heavy atom. The van der Waals surface area contributed by atoms with Crippen molar-refractivity contribution < 1.29 is 73.1 Å². The van der Waals surface area contributed by atoms with Gasteiger partial charge in [0.2, 0.25) is 6.79 Å². The highest BCUT2D eigenvalue weighted by molar-refractivity contribution is 5.88. The molecule has 0 aromatic rings. The van der Waals surface area contributed by atoms with E-state index in [1.54, 1.807) is 55.6 Å².